The molecule has 0 aliphatic carbocycles. The van der Waals surface area contributed by atoms with Gasteiger partial charge in [0, 0.05) is 24.5 Å². The highest BCUT2D eigenvalue weighted by atomic mass is 16.5. The minimum atomic E-state index is -0.698. The second-order valence-corrected chi connectivity index (χ2v) is 4.55. The summed E-state index contributed by atoms with van der Waals surface area (Å²) in [4.78, 5) is 28.3. The molecule has 1 aromatic carbocycles. The topological polar surface area (TPSA) is 84.8 Å². The summed E-state index contributed by atoms with van der Waals surface area (Å²) in [6, 6.07) is 8.44. The summed E-state index contributed by atoms with van der Waals surface area (Å²) >= 11 is 0. The van der Waals surface area contributed by atoms with Crippen LogP contribution in [0.15, 0.2) is 58.4 Å². The lowest BCUT2D eigenvalue weighted by Crippen LogP contribution is -2.42. The summed E-state index contributed by atoms with van der Waals surface area (Å²) in [7, 11) is 0. The molecule has 2 aromatic heterocycles. The normalized spacial score (nSPS) is 12.2. The molecular formula is C14H13N4O3+. The number of aromatic nitrogens is 4. The molecule has 0 fully saturated rings. The van der Waals surface area contributed by atoms with Crippen LogP contribution in [0.25, 0.3) is 5.69 Å². The van der Waals surface area contributed by atoms with E-state index in [0.717, 1.165) is 0 Å². The van der Waals surface area contributed by atoms with Gasteiger partial charge < -0.3 is 4.57 Å². The van der Waals surface area contributed by atoms with Crippen LogP contribution in [-0.4, -0.2) is 20.6 Å². The molecule has 0 aliphatic heterocycles. The van der Waals surface area contributed by atoms with Gasteiger partial charge in [-0.2, -0.15) is 0 Å². The highest BCUT2D eigenvalue weighted by Gasteiger charge is 2.34. The number of carbonyl (C=O) groups is 1. The Morgan fingerprint density at radius 2 is 2.14 bits per heavy atom. The van der Waals surface area contributed by atoms with Crippen molar-refractivity contribution in [3.05, 3.63) is 65.2 Å². The van der Waals surface area contributed by atoms with Crippen LogP contribution in [0.4, 0.5) is 0 Å². The van der Waals surface area contributed by atoms with Gasteiger partial charge in [-0.25, -0.2) is 9.78 Å². The third kappa shape index (κ3) is 2.29. The van der Waals surface area contributed by atoms with E-state index in [1.165, 1.54) is 11.0 Å². The molecule has 7 heteroatoms. The van der Waals surface area contributed by atoms with Crippen molar-refractivity contribution in [2.24, 2.45) is 0 Å². The number of para-hydroxylation sites is 1. The maximum atomic E-state index is 12.6. The minimum absolute atomic E-state index is 0.0533. The van der Waals surface area contributed by atoms with Crippen molar-refractivity contribution in [2.45, 2.75) is 13.0 Å². The molecule has 0 spiro atoms. The molecule has 2 heterocycles. The molecule has 0 radical (unpaired) electrons. The van der Waals surface area contributed by atoms with Gasteiger partial charge in [0.25, 0.3) is 5.78 Å². The standard InChI is InChI=1S/C14H12N4O3/c1-10(17-8-7-15-9-17)13(19)12-14(20)21-16-18(12)11-5-3-2-4-6-11/h2-10H,1H3/p+1. The molecule has 0 saturated heterocycles. The molecule has 3 rings (SSSR count). The zero-order valence-electron chi connectivity index (χ0n) is 11.3. The van der Waals surface area contributed by atoms with Gasteiger partial charge in [0.2, 0.25) is 5.69 Å². The first kappa shape index (κ1) is 13.0. The lowest BCUT2D eigenvalue weighted by molar-refractivity contribution is -0.672. The van der Waals surface area contributed by atoms with Crippen molar-refractivity contribution in [3.8, 4) is 5.69 Å². The third-order valence-electron chi connectivity index (χ3n) is 3.25. The average Bonchev–Trinajstić information content (AvgIpc) is 3.16. The predicted octanol–water partition coefficient (Wildman–Crippen LogP) is 0.885. The fraction of sp³-hybridized carbons (Fsp3) is 0.143. The lowest BCUT2D eigenvalue weighted by Gasteiger charge is -2.07. The van der Waals surface area contributed by atoms with E-state index in [9.17, 15) is 9.59 Å². The number of nitrogens with one attached hydrogen (secondary N) is 1. The van der Waals surface area contributed by atoms with Crippen molar-refractivity contribution in [1.82, 2.24) is 14.8 Å². The zero-order valence-corrected chi connectivity index (χ0v) is 11.3. The molecule has 0 bridgehead atoms. The van der Waals surface area contributed by atoms with E-state index in [0.29, 0.717) is 5.69 Å². The van der Waals surface area contributed by atoms with Crippen LogP contribution in [0.2, 0.25) is 0 Å². The molecule has 0 aliphatic rings. The number of rotatable bonds is 4. The fourth-order valence-electron chi connectivity index (χ4n) is 2.07. The third-order valence-corrected chi connectivity index (χ3v) is 3.25. The van der Waals surface area contributed by atoms with E-state index in [1.54, 1.807) is 48.1 Å². The number of Topliss-reactive ketones (excluding diaryl/α,β-unsaturated/α-hetero) is 1. The van der Waals surface area contributed by atoms with Gasteiger partial charge >= 0.3 is 11.3 Å². The number of imidazole rings is 1. The summed E-state index contributed by atoms with van der Waals surface area (Å²) < 4.78 is 7.75. The van der Waals surface area contributed by atoms with Crippen molar-refractivity contribution < 1.29 is 14.0 Å². The number of aromatic amines is 1. The first-order chi connectivity index (χ1) is 10.2. The first-order valence-electron chi connectivity index (χ1n) is 6.39. The molecule has 106 valence electrons. The first-order valence-corrected chi connectivity index (χ1v) is 6.39. The van der Waals surface area contributed by atoms with Crippen molar-refractivity contribution >= 4 is 5.78 Å². The molecule has 21 heavy (non-hydrogen) atoms. The van der Waals surface area contributed by atoms with Crippen molar-refractivity contribution in [2.75, 3.05) is 0 Å². The molecule has 7 nitrogen and oxygen atoms in total. The van der Waals surface area contributed by atoms with Crippen LogP contribution in [0.3, 0.4) is 0 Å². The maximum absolute atomic E-state index is 12.6. The number of hydrogen-bond donors (Lipinski definition) is 1. The number of hydrogen-bond acceptors (Lipinski definition) is 4. The van der Waals surface area contributed by atoms with Crippen LogP contribution < -0.4 is 10.3 Å². The van der Waals surface area contributed by atoms with Gasteiger partial charge in [-0.15, -0.1) is 0 Å². The van der Waals surface area contributed by atoms with Crippen LogP contribution in [0, 0.1) is 0 Å². The van der Waals surface area contributed by atoms with Gasteiger partial charge in [-0.05, 0) is 16.9 Å². The minimum Gasteiger partial charge on any atom is -0.327 e. The van der Waals surface area contributed by atoms with E-state index < -0.39 is 11.7 Å². The van der Waals surface area contributed by atoms with Gasteiger partial charge in [-0.3, -0.25) is 9.32 Å². The summed E-state index contributed by atoms with van der Waals surface area (Å²) in [5, 5.41) is 2.45. The van der Waals surface area contributed by atoms with Crippen LogP contribution >= 0.6 is 0 Å². The van der Waals surface area contributed by atoms with Crippen LogP contribution in [0.5, 0.6) is 0 Å². The smallest absolute Gasteiger partial charge is 0.327 e. The Morgan fingerprint density at radius 3 is 2.81 bits per heavy atom. The molecule has 3 aromatic rings. The highest BCUT2D eigenvalue weighted by molar-refractivity contribution is 5.95. The van der Waals surface area contributed by atoms with E-state index in [-0.39, 0.29) is 11.5 Å². The number of H-pyrrole nitrogens is 1. The largest absolute Gasteiger partial charge is 0.439 e. The molecular weight excluding hydrogens is 272 g/mol. The Morgan fingerprint density at radius 1 is 1.38 bits per heavy atom. The van der Waals surface area contributed by atoms with E-state index >= 15 is 0 Å². The number of carbonyl (C=O) groups excluding carboxylic acids is 1. The van der Waals surface area contributed by atoms with Gasteiger partial charge in [-0.1, -0.05) is 18.2 Å². The number of ketones is 1. The Hall–Kier alpha value is -2.96. The van der Waals surface area contributed by atoms with Crippen molar-refractivity contribution in [3.63, 3.8) is 0 Å². The number of nitrogens with zero attached hydrogens (tertiary/aromatic N) is 3. The Bertz CT molecular complexity index is 802. The van der Waals surface area contributed by atoms with E-state index in [2.05, 4.69) is 10.3 Å². The Kier molecular flexibility index (Phi) is 3.23. The summed E-state index contributed by atoms with van der Waals surface area (Å²) in [5.41, 5.74) is -0.109. The fourth-order valence-corrected chi connectivity index (χ4v) is 2.07. The predicted molar refractivity (Wildman–Crippen MR) is 72.1 cm³/mol. The summed E-state index contributed by atoms with van der Waals surface area (Å²) in [6.45, 7) is 1.70. The maximum Gasteiger partial charge on any atom is 0.439 e. The average molecular weight is 285 g/mol. The quantitative estimate of drug-likeness (QED) is 0.570. The van der Waals surface area contributed by atoms with E-state index in [1.807, 2.05) is 6.07 Å². The SMILES string of the molecule is CC(C(=O)c1c(=O)o[nH][n+]1-c1ccccc1)n1ccnc1. The monoisotopic (exact) mass is 285 g/mol. The molecule has 0 saturated carbocycles. The Balaban J connectivity index is 2.05. The van der Waals surface area contributed by atoms with Crippen molar-refractivity contribution in [1.29, 1.82) is 0 Å². The molecule has 1 atom stereocenters. The lowest BCUT2D eigenvalue weighted by atomic mass is 10.1. The van der Waals surface area contributed by atoms with Crippen LogP contribution in [0.1, 0.15) is 23.5 Å². The second kappa shape index (κ2) is 5.20. The molecule has 0 amide bonds. The highest BCUT2D eigenvalue weighted by Crippen LogP contribution is 2.10. The number of benzene rings is 1. The summed E-state index contributed by atoms with van der Waals surface area (Å²) in [6.07, 6.45) is 4.78. The molecule has 1 N–H and O–H groups in total. The Labute approximate surface area is 119 Å². The second-order valence-electron chi connectivity index (χ2n) is 4.55. The summed E-state index contributed by atoms with van der Waals surface area (Å²) in [5.74, 6) is -0.355. The van der Waals surface area contributed by atoms with Crippen LogP contribution in [-0.2, 0) is 0 Å². The van der Waals surface area contributed by atoms with Gasteiger partial charge in [0.1, 0.15) is 6.04 Å². The van der Waals surface area contributed by atoms with E-state index in [4.69, 9.17) is 4.52 Å². The molecule has 1 unspecified atom stereocenters. The van der Waals surface area contributed by atoms with Gasteiger partial charge in [0.15, 0.2) is 0 Å². The van der Waals surface area contributed by atoms with Gasteiger partial charge in [0.05, 0.1) is 6.33 Å². The zero-order chi connectivity index (χ0) is 14.8.